The SMILES string of the molecule is Cn1c(=NC(=O)c2ccc([N+](=O)[O-])cc2)sc2cc(F)cc(F)c21. The number of halogens is 2. The van der Waals surface area contributed by atoms with Gasteiger partial charge < -0.3 is 4.57 Å². The maximum atomic E-state index is 13.9. The van der Waals surface area contributed by atoms with Gasteiger partial charge in [0.15, 0.2) is 10.6 Å². The largest absolute Gasteiger partial charge is 0.317 e. The monoisotopic (exact) mass is 349 g/mol. The molecule has 0 N–H and O–H groups in total. The zero-order valence-corrected chi connectivity index (χ0v) is 13.0. The summed E-state index contributed by atoms with van der Waals surface area (Å²) in [6.45, 7) is 0. The highest BCUT2D eigenvalue weighted by atomic mass is 32.1. The fourth-order valence-corrected chi connectivity index (χ4v) is 3.24. The van der Waals surface area contributed by atoms with E-state index in [2.05, 4.69) is 4.99 Å². The number of benzene rings is 2. The third kappa shape index (κ3) is 2.81. The first kappa shape index (κ1) is 15.9. The van der Waals surface area contributed by atoms with E-state index in [1.807, 2.05) is 0 Å². The molecule has 0 aliphatic rings. The van der Waals surface area contributed by atoms with Crippen molar-refractivity contribution in [2.45, 2.75) is 0 Å². The second-order valence-corrected chi connectivity index (χ2v) is 5.91. The van der Waals surface area contributed by atoms with Crippen molar-refractivity contribution < 1.29 is 18.5 Å². The molecule has 1 aromatic heterocycles. The molecule has 0 aliphatic heterocycles. The highest BCUT2D eigenvalue weighted by Gasteiger charge is 2.13. The fourth-order valence-electron chi connectivity index (χ4n) is 2.18. The summed E-state index contributed by atoms with van der Waals surface area (Å²) in [4.78, 5) is 26.3. The molecule has 0 radical (unpaired) electrons. The van der Waals surface area contributed by atoms with Crippen LogP contribution in [0.5, 0.6) is 0 Å². The van der Waals surface area contributed by atoms with Gasteiger partial charge in [0.1, 0.15) is 5.82 Å². The molecule has 0 unspecified atom stereocenters. The minimum Gasteiger partial charge on any atom is -0.317 e. The van der Waals surface area contributed by atoms with Crippen LogP contribution in [0.1, 0.15) is 10.4 Å². The zero-order chi connectivity index (χ0) is 17.4. The molecule has 1 amide bonds. The molecular formula is C15H9F2N3O3S. The summed E-state index contributed by atoms with van der Waals surface area (Å²) in [5.74, 6) is -2.09. The second-order valence-electron chi connectivity index (χ2n) is 4.90. The summed E-state index contributed by atoms with van der Waals surface area (Å²) < 4.78 is 28.8. The van der Waals surface area contributed by atoms with Crippen molar-refractivity contribution in [3.63, 3.8) is 0 Å². The number of hydrogen-bond donors (Lipinski definition) is 0. The van der Waals surface area contributed by atoms with Gasteiger partial charge in [-0.05, 0) is 18.2 Å². The number of hydrogen-bond acceptors (Lipinski definition) is 4. The van der Waals surface area contributed by atoms with E-state index < -0.39 is 22.5 Å². The number of carbonyl (C=O) groups is 1. The van der Waals surface area contributed by atoms with E-state index >= 15 is 0 Å². The first-order valence-corrected chi connectivity index (χ1v) is 7.46. The normalized spacial score (nSPS) is 11.9. The van der Waals surface area contributed by atoms with E-state index in [0.717, 1.165) is 17.4 Å². The minimum absolute atomic E-state index is 0.142. The number of carbonyl (C=O) groups excluding carboxylic acids is 1. The molecule has 0 fully saturated rings. The van der Waals surface area contributed by atoms with Crippen LogP contribution in [0.2, 0.25) is 0 Å². The highest BCUT2D eigenvalue weighted by molar-refractivity contribution is 7.16. The van der Waals surface area contributed by atoms with Gasteiger partial charge >= 0.3 is 0 Å². The Hall–Kier alpha value is -2.94. The van der Waals surface area contributed by atoms with Crippen molar-refractivity contribution in [2.75, 3.05) is 0 Å². The van der Waals surface area contributed by atoms with Crippen LogP contribution in [0, 0.1) is 21.7 Å². The van der Waals surface area contributed by atoms with Gasteiger partial charge in [-0.3, -0.25) is 14.9 Å². The second kappa shape index (κ2) is 5.93. The van der Waals surface area contributed by atoms with Crippen LogP contribution in [-0.4, -0.2) is 15.4 Å². The Bertz CT molecular complexity index is 1040. The summed E-state index contributed by atoms with van der Waals surface area (Å²) in [5.41, 5.74) is 0.165. The lowest BCUT2D eigenvalue weighted by molar-refractivity contribution is -0.384. The maximum Gasteiger partial charge on any atom is 0.279 e. The topological polar surface area (TPSA) is 77.5 Å². The predicted octanol–water partition coefficient (Wildman–Crippen LogP) is 3.17. The molecule has 0 spiro atoms. The van der Waals surface area contributed by atoms with Gasteiger partial charge in [-0.2, -0.15) is 4.99 Å². The molecule has 2 aromatic carbocycles. The number of fused-ring (bicyclic) bond motifs is 1. The van der Waals surface area contributed by atoms with Crippen molar-refractivity contribution in [3.05, 3.63) is 68.5 Å². The standard InChI is InChI=1S/C15H9F2N3O3S/c1-19-13-11(17)6-9(16)7-12(13)24-15(19)18-14(21)8-2-4-10(5-3-8)20(22)23/h2-7H,1H3. The van der Waals surface area contributed by atoms with E-state index in [0.29, 0.717) is 4.70 Å². The summed E-state index contributed by atoms with van der Waals surface area (Å²) in [6.07, 6.45) is 0. The van der Waals surface area contributed by atoms with Gasteiger partial charge in [0.05, 0.1) is 15.1 Å². The summed E-state index contributed by atoms with van der Waals surface area (Å²) >= 11 is 0.971. The number of amides is 1. The number of nitrogens with zero attached hydrogens (tertiary/aromatic N) is 3. The average molecular weight is 349 g/mol. The summed E-state index contributed by atoms with van der Waals surface area (Å²) in [5, 5.41) is 10.6. The van der Waals surface area contributed by atoms with Crippen LogP contribution in [0.4, 0.5) is 14.5 Å². The molecule has 0 aliphatic carbocycles. The molecular weight excluding hydrogens is 340 g/mol. The summed E-state index contributed by atoms with van der Waals surface area (Å²) in [6, 6.07) is 6.90. The predicted molar refractivity (Wildman–Crippen MR) is 83.7 cm³/mol. The molecule has 122 valence electrons. The minimum atomic E-state index is -0.743. The Morgan fingerprint density at radius 1 is 1.25 bits per heavy atom. The molecule has 3 rings (SSSR count). The van der Waals surface area contributed by atoms with E-state index in [9.17, 15) is 23.7 Å². The first-order chi connectivity index (χ1) is 11.4. The lowest BCUT2D eigenvalue weighted by Gasteiger charge is -1.98. The number of rotatable bonds is 2. The van der Waals surface area contributed by atoms with Gasteiger partial charge in [-0.25, -0.2) is 8.78 Å². The van der Waals surface area contributed by atoms with Crippen molar-refractivity contribution in [1.82, 2.24) is 4.57 Å². The molecule has 3 aromatic rings. The molecule has 9 heteroatoms. The average Bonchev–Trinajstić information content (AvgIpc) is 2.83. The van der Waals surface area contributed by atoms with Crippen molar-refractivity contribution in [1.29, 1.82) is 0 Å². The van der Waals surface area contributed by atoms with Crippen LogP contribution < -0.4 is 4.80 Å². The number of nitro groups is 1. The molecule has 0 atom stereocenters. The van der Waals surface area contributed by atoms with E-state index in [4.69, 9.17) is 0 Å². The van der Waals surface area contributed by atoms with Crippen molar-refractivity contribution in [2.24, 2.45) is 12.0 Å². The Morgan fingerprint density at radius 2 is 1.92 bits per heavy atom. The number of aromatic nitrogens is 1. The third-order valence-electron chi connectivity index (χ3n) is 3.34. The number of aryl methyl sites for hydroxylation is 1. The van der Waals surface area contributed by atoms with Gasteiger partial charge in [-0.1, -0.05) is 11.3 Å². The molecule has 6 nitrogen and oxygen atoms in total. The molecule has 0 saturated carbocycles. The lowest BCUT2D eigenvalue weighted by Crippen LogP contribution is -2.13. The highest BCUT2D eigenvalue weighted by Crippen LogP contribution is 2.21. The Morgan fingerprint density at radius 3 is 2.54 bits per heavy atom. The van der Waals surface area contributed by atoms with Crippen LogP contribution in [0.3, 0.4) is 0 Å². The fraction of sp³-hybridized carbons (Fsp3) is 0.0667. The third-order valence-corrected chi connectivity index (χ3v) is 4.42. The molecule has 1 heterocycles. The molecule has 0 saturated heterocycles. The molecule has 0 bridgehead atoms. The van der Waals surface area contributed by atoms with Crippen LogP contribution in [0.25, 0.3) is 10.2 Å². The van der Waals surface area contributed by atoms with Gasteiger partial charge in [0, 0.05) is 30.8 Å². The summed E-state index contributed by atoms with van der Waals surface area (Å²) in [7, 11) is 1.52. The maximum absolute atomic E-state index is 13.9. The van der Waals surface area contributed by atoms with E-state index in [1.54, 1.807) is 0 Å². The van der Waals surface area contributed by atoms with Crippen LogP contribution >= 0.6 is 11.3 Å². The van der Waals surface area contributed by atoms with Gasteiger partial charge in [0.25, 0.3) is 11.6 Å². The Balaban J connectivity index is 2.06. The van der Waals surface area contributed by atoms with Crippen LogP contribution in [0.15, 0.2) is 41.4 Å². The number of thiazole rings is 1. The van der Waals surface area contributed by atoms with Crippen molar-refractivity contribution >= 4 is 33.1 Å². The zero-order valence-electron chi connectivity index (χ0n) is 12.2. The molecule has 24 heavy (non-hydrogen) atoms. The lowest BCUT2D eigenvalue weighted by atomic mass is 10.2. The van der Waals surface area contributed by atoms with Crippen molar-refractivity contribution in [3.8, 4) is 0 Å². The Labute approximate surface area is 137 Å². The van der Waals surface area contributed by atoms with Gasteiger partial charge in [-0.15, -0.1) is 0 Å². The quantitative estimate of drug-likeness (QED) is 0.527. The van der Waals surface area contributed by atoms with Crippen LogP contribution in [-0.2, 0) is 7.05 Å². The Kier molecular flexibility index (Phi) is 3.94. The van der Waals surface area contributed by atoms with E-state index in [1.165, 1.54) is 41.9 Å². The number of non-ortho nitro benzene ring substituents is 1. The van der Waals surface area contributed by atoms with Gasteiger partial charge in [0.2, 0.25) is 0 Å². The van der Waals surface area contributed by atoms with E-state index in [-0.39, 0.29) is 21.6 Å². The smallest absolute Gasteiger partial charge is 0.279 e. The number of nitro benzene ring substituents is 1. The first-order valence-electron chi connectivity index (χ1n) is 6.65.